The van der Waals surface area contributed by atoms with Crippen LogP contribution in [0, 0.1) is 0 Å². The van der Waals surface area contributed by atoms with Gasteiger partial charge in [-0.05, 0) is 38.1 Å². The molecule has 128 valence electrons. The highest BCUT2D eigenvalue weighted by Crippen LogP contribution is 2.30. The van der Waals surface area contributed by atoms with E-state index < -0.39 is 0 Å². The highest BCUT2D eigenvalue weighted by Gasteiger charge is 2.30. The first-order valence-corrected chi connectivity index (χ1v) is 8.76. The van der Waals surface area contributed by atoms with Crippen molar-refractivity contribution in [3.63, 3.8) is 0 Å². The molecule has 0 saturated carbocycles. The van der Waals surface area contributed by atoms with Gasteiger partial charge in [-0.15, -0.1) is 0 Å². The van der Waals surface area contributed by atoms with Crippen molar-refractivity contribution in [1.82, 2.24) is 20.1 Å². The minimum absolute atomic E-state index is 0.118. The first-order valence-electron chi connectivity index (χ1n) is 8.38. The molecule has 3 heterocycles. The highest BCUT2D eigenvalue weighted by atomic mass is 35.5. The van der Waals surface area contributed by atoms with Crippen molar-refractivity contribution >= 4 is 11.6 Å². The Hall–Kier alpha value is -1.47. The summed E-state index contributed by atoms with van der Waals surface area (Å²) >= 11 is 5.93. The predicted octanol–water partition coefficient (Wildman–Crippen LogP) is 2.75. The van der Waals surface area contributed by atoms with Gasteiger partial charge < -0.3 is 14.4 Å². The third-order valence-corrected chi connectivity index (χ3v) is 5.01. The standard InChI is InChI=1S/C17H21ClN4O2/c18-14-3-1-13(2-4-14)17-23-10-15(24-17)9-22-7-5-12(6-8-22)16-19-11-20-21-16/h1-4,11-12,15,17H,5-10H2,(H,19,20,21)/t15-,17-/m0/s1. The Balaban J connectivity index is 1.26. The number of hydrogen-bond donors (Lipinski definition) is 1. The number of aromatic amines is 1. The van der Waals surface area contributed by atoms with Crippen LogP contribution in [-0.4, -0.2) is 52.4 Å². The molecule has 2 saturated heterocycles. The summed E-state index contributed by atoms with van der Waals surface area (Å²) in [4.78, 5) is 6.73. The molecule has 2 aliphatic heterocycles. The van der Waals surface area contributed by atoms with Gasteiger partial charge in [0.25, 0.3) is 0 Å². The monoisotopic (exact) mass is 348 g/mol. The summed E-state index contributed by atoms with van der Waals surface area (Å²) in [5, 5.41) is 7.66. The SMILES string of the molecule is Clc1ccc([C@H]2OC[C@H](CN3CCC(c4ncn[nH]4)CC3)O2)cc1. The summed E-state index contributed by atoms with van der Waals surface area (Å²) in [6.07, 6.45) is 3.63. The number of ether oxygens (including phenoxy) is 2. The van der Waals surface area contributed by atoms with Gasteiger partial charge in [0.05, 0.1) is 12.7 Å². The molecule has 7 heteroatoms. The maximum Gasteiger partial charge on any atom is 0.184 e. The minimum atomic E-state index is -0.279. The van der Waals surface area contributed by atoms with Gasteiger partial charge in [-0.3, -0.25) is 5.10 Å². The molecular formula is C17H21ClN4O2. The molecule has 1 N–H and O–H groups in total. The molecule has 4 rings (SSSR count). The number of aromatic nitrogens is 3. The highest BCUT2D eigenvalue weighted by molar-refractivity contribution is 6.30. The Bertz CT molecular complexity index is 641. The number of hydrogen-bond acceptors (Lipinski definition) is 5. The lowest BCUT2D eigenvalue weighted by atomic mass is 9.96. The summed E-state index contributed by atoms with van der Waals surface area (Å²) < 4.78 is 11.9. The van der Waals surface area contributed by atoms with Crippen LogP contribution in [0.3, 0.4) is 0 Å². The van der Waals surface area contributed by atoms with Crippen LogP contribution >= 0.6 is 11.6 Å². The van der Waals surface area contributed by atoms with Gasteiger partial charge in [-0.1, -0.05) is 23.7 Å². The third kappa shape index (κ3) is 3.62. The fraction of sp³-hybridized carbons (Fsp3) is 0.529. The second kappa shape index (κ2) is 7.19. The van der Waals surface area contributed by atoms with Gasteiger partial charge >= 0.3 is 0 Å². The van der Waals surface area contributed by atoms with E-state index >= 15 is 0 Å². The van der Waals surface area contributed by atoms with Crippen molar-refractivity contribution in [2.45, 2.75) is 31.2 Å². The third-order valence-electron chi connectivity index (χ3n) is 4.76. The maximum atomic E-state index is 6.05. The molecule has 0 amide bonds. The fourth-order valence-corrected chi connectivity index (χ4v) is 3.55. The number of rotatable bonds is 4. The van der Waals surface area contributed by atoms with Gasteiger partial charge in [0.2, 0.25) is 0 Å². The smallest absolute Gasteiger partial charge is 0.184 e. The largest absolute Gasteiger partial charge is 0.346 e. The number of halogens is 1. The fourth-order valence-electron chi connectivity index (χ4n) is 3.43. The lowest BCUT2D eigenvalue weighted by molar-refractivity contribution is -0.0650. The number of nitrogens with zero attached hydrogens (tertiary/aromatic N) is 3. The second-order valence-electron chi connectivity index (χ2n) is 6.42. The van der Waals surface area contributed by atoms with Gasteiger partial charge in [0, 0.05) is 23.0 Å². The Kier molecular flexibility index (Phi) is 4.80. The molecule has 1 aromatic heterocycles. The van der Waals surface area contributed by atoms with Crippen LogP contribution in [0.5, 0.6) is 0 Å². The molecule has 0 aliphatic carbocycles. The summed E-state index contributed by atoms with van der Waals surface area (Å²) in [7, 11) is 0. The normalized spacial score (nSPS) is 26.0. The Labute approximate surface area is 146 Å². The van der Waals surface area contributed by atoms with Crippen molar-refractivity contribution in [3.8, 4) is 0 Å². The van der Waals surface area contributed by atoms with Gasteiger partial charge in [-0.2, -0.15) is 5.10 Å². The van der Waals surface area contributed by atoms with E-state index in [1.165, 1.54) is 0 Å². The summed E-state index contributed by atoms with van der Waals surface area (Å²) in [5.74, 6) is 1.50. The van der Waals surface area contributed by atoms with Crippen molar-refractivity contribution < 1.29 is 9.47 Å². The molecule has 24 heavy (non-hydrogen) atoms. The molecule has 0 unspecified atom stereocenters. The number of nitrogens with one attached hydrogen (secondary N) is 1. The van der Waals surface area contributed by atoms with Crippen molar-refractivity contribution in [2.75, 3.05) is 26.2 Å². The molecule has 0 bridgehead atoms. The van der Waals surface area contributed by atoms with E-state index in [1.54, 1.807) is 6.33 Å². The average molecular weight is 349 g/mol. The van der Waals surface area contributed by atoms with Crippen LogP contribution in [0.1, 0.15) is 36.4 Å². The molecule has 2 atom stereocenters. The number of H-pyrrole nitrogens is 1. The molecule has 6 nitrogen and oxygen atoms in total. The zero-order valence-corrected chi connectivity index (χ0v) is 14.2. The zero-order chi connectivity index (χ0) is 16.4. The van der Waals surface area contributed by atoms with Gasteiger partial charge in [0.1, 0.15) is 12.2 Å². The molecule has 0 spiro atoms. The van der Waals surface area contributed by atoms with E-state index in [1.807, 2.05) is 24.3 Å². The van der Waals surface area contributed by atoms with E-state index in [4.69, 9.17) is 21.1 Å². The van der Waals surface area contributed by atoms with Crippen LogP contribution in [0.4, 0.5) is 0 Å². The second-order valence-corrected chi connectivity index (χ2v) is 6.86. The van der Waals surface area contributed by atoms with Crippen molar-refractivity contribution in [1.29, 1.82) is 0 Å². The molecule has 2 aromatic rings. The summed E-state index contributed by atoms with van der Waals surface area (Å²) in [5.41, 5.74) is 1.02. The van der Waals surface area contributed by atoms with E-state index in [9.17, 15) is 0 Å². The molecular weight excluding hydrogens is 328 g/mol. The molecule has 1 aromatic carbocycles. The van der Waals surface area contributed by atoms with Crippen molar-refractivity contribution in [3.05, 3.63) is 47.0 Å². The van der Waals surface area contributed by atoms with E-state index in [0.717, 1.165) is 48.9 Å². The lowest BCUT2D eigenvalue weighted by Crippen LogP contribution is -2.39. The lowest BCUT2D eigenvalue weighted by Gasteiger charge is -2.32. The Morgan fingerprint density at radius 3 is 2.71 bits per heavy atom. The Morgan fingerprint density at radius 1 is 1.21 bits per heavy atom. The number of likely N-dealkylation sites (tertiary alicyclic amines) is 1. The minimum Gasteiger partial charge on any atom is -0.346 e. The quantitative estimate of drug-likeness (QED) is 0.920. The van der Waals surface area contributed by atoms with E-state index in [-0.39, 0.29) is 12.4 Å². The van der Waals surface area contributed by atoms with Gasteiger partial charge in [-0.25, -0.2) is 4.98 Å². The molecule has 0 radical (unpaired) electrons. The first kappa shape index (κ1) is 16.0. The number of benzene rings is 1. The van der Waals surface area contributed by atoms with E-state index in [2.05, 4.69) is 20.1 Å². The van der Waals surface area contributed by atoms with Crippen LogP contribution in [0.25, 0.3) is 0 Å². The maximum absolute atomic E-state index is 6.05. The molecule has 2 fully saturated rings. The van der Waals surface area contributed by atoms with Crippen LogP contribution in [-0.2, 0) is 9.47 Å². The molecule has 2 aliphatic rings. The average Bonchev–Trinajstić information content (AvgIpc) is 3.28. The Morgan fingerprint density at radius 2 is 2.00 bits per heavy atom. The first-order chi connectivity index (χ1) is 11.8. The van der Waals surface area contributed by atoms with E-state index in [0.29, 0.717) is 12.5 Å². The van der Waals surface area contributed by atoms with Crippen LogP contribution in [0.15, 0.2) is 30.6 Å². The van der Waals surface area contributed by atoms with Crippen LogP contribution < -0.4 is 0 Å². The zero-order valence-electron chi connectivity index (χ0n) is 13.4. The number of piperidine rings is 1. The van der Waals surface area contributed by atoms with Crippen molar-refractivity contribution in [2.24, 2.45) is 0 Å². The topological polar surface area (TPSA) is 63.3 Å². The van der Waals surface area contributed by atoms with Crippen LogP contribution in [0.2, 0.25) is 5.02 Å². The predicted molar refractivity (Wildman–Crippen MR) is 89.8 cm³/mol. The summed E-state index contributed by atoms with van der Waals surface area (Å²) in [6, 6.07) is 7.65. The summed E-state index contributed by atoms with van der Waals surface area (Å²) in [6.45, 7) is 3.65. The van der Waals surface area contributed by atoms with Gasteiger partial charge in [0.15, 0.2) is 6.29 Å².